The van der Waals surface area contributed by atoms with E-state index in [1.807, 2.05) is 6.07 Å². The normalized spacial score (nSPS) is 11.8. The van der Waals surface area contributed by atoms with Crippen molar-refractivity contribution >= 4 is 18.0 Å². The molecule has 1 atom stereocenters. The molecule has 0 aromatic heterocycles. The number of aliphatic hydroxyl groups excluding tert-OH is 1. The average molecular weight is 260 g/mol. The molecule has 3 N–H and O–H groups in total. The van der Waals surface area contributed by atoms with Gasteiger partial charge < -0.3 is 15.5 Å². The Morgan fingerprint density at radius 3 is 2.47 bits per heavy atom. The Morgan fingerprint density at radius 1 is 1.37 bits per heavy atom. The molecule has 1 aromatic rings. The van der Waals surface area contributed by atoms with E-state index in [1.54, 1.807) is 24.3 Å². The number of carboxylic acid groups (broad SMARTS) is 1. The van der Waals surface area contributed by atoms with Gasteiger partial charge in [0.15, 0.2) is 6.04 Å². The van der Waals surface area contributed by atoms with Crippen LogP contribution in [-0.2, 0) is 9.59 Å². The van der Waals surface area contributed by atoms with E-state index in [-0.39, 0.29) is 0 Å². The van der Waals surface area contributed by atoms with Crippen molar-refractivity contribution in [1.29, 1.82) is 5.26 Å². The summed E-state index contributed by atoms with van der Waals surface area (Å²) in [7, 11) is 0. The molecule has 1 aromatic carbocycles. The smallest absolute Gasteiger partial charge is 0.328 e. The van der Waals surface area contributed by atoms with Gasteiger partial charge in [-0.3, -0.25) is 4.79 Å². The Labute approximate surface area is 109 Å². The molecule has 0 spiro atoms. The summed E-state index contributed by atoms with van der Waals surface area (Å²) in [5, 5.41) is 28.1. The Hall–Kier alpha value is -2.65. The molecule has 0 saturated heterocycles. The molecule has 6 heteroatoms. The molecule has 1 rings (SSSR count). The number of nitriles is 1. The quantitative estimate of drug-likeness (QED) is 0.652. The summed E-state index contributed by atoms with van der Waals surface area (Å²) < 4.78 is 0. The highest BCUT2D eigenvalue weighted by Crippen LogP contribution is 2.05. The summed E-state index contributed by atoms with van der Waals surface area (Å²) in [6.45, 7) is -0.675. The molecule has 0 aliphatic heterocycles. The highest BCUT2D eigenvalue weighted by Gasteiger charge is 2.16. The van der Waals surface area contributed by atoms with Crippen molar-refractivity contribution in [3.8, 4) is 6.07 Å². The van der Waals surface area contributed by atoms with Crippen molar-refractivity contribution in [1.82, 2.24) is 5.32 Å². The second kappa shape index (κ2) is 6.93. The van der Waals surface area contributed by atoms with Crippen molar-refractivity contribution in [2.75, 3.05) is 6.61 Å². The van der Waals surface area contributed by atoms with E-state index in [0.29, 0.717) is 11.1 Å². The molecule has 98 valence electrons. The van der Waals surface area contributed by atoms with Gasteiger partial charge in [-0.25, -0.2) is 4.79 Å². The number of carboxylic acids is 1. The van der Waals surface area contributed by atoms with Crippen LogP contribution in [-0.4, -0.2) is 34.7 Å². The maximum absolute atomic E-state index is 11.4. The van der Waals surface area contributed by atoms with Crippen LogP contribution in [0.15, 0.2) is 30.3 Å². The molecule has 1 unspecified atom stereocenters. The number of aliphatic hydroxyl groups is 1. The number of benzene rings is 1. The van der Waals surface area contributed by atoms with E-state index in [9.17, 15) is 9.59 Å². The number of carbonyl (C=O) groups excluding carboxylic acids is 1. The first-order chi connectivity index (χ1) is 9.06. The summed E-state index contributed by atoms with van der Waals surface area (Å²) in [6.07, 6.45) is 2.64. The lowest BCUT2D eigenvalue weighted by molar-refractivity contribution is -0.142. The van der Waals surface area contributed by atoms with Gasteiger partial charge in [0.05, 0.1) is 18.2 Å². The first-order valence-corrected chi connectivity index (χ1v) is 5.39. The summed E-state index contributed by atoms with van der Waals surface area (Å²) >= 11 is 0. The van der Waals surface area contributed by atoms with Gasteiger partial charge in [-0.15, -0.1) is 0 Å². The molecular formula is C13H12N2O4. The van der Waals surface area contributed by atoms with Gasteiger partial charge in [0.25, 0.3) is 0 Å². The molecule has 0 saturated carbocycles. The van der Waals surface area contributed by atoms with E-state index in [1.165, 1.54) is 6.08 Å². The maximum atomic E-state index is 11.4. The van der Waals surface area contributed by atoms with Crippen LogP contribution in [0.3, 0.4) is 0 Å². The van der Waals surface area contributed by atoms with Gasteiger partial charge in [-0.1, -0.05) is 12.1 Å². The van der Waals surface area contributed by atoms with E-state index in [0.717, 1.165) is 6.08 Å². The lowest BCUT2D eigenvalue weighted by Crippen LogP contribution is -2.42. The van der Waals surface area contributed by atoms with Crippen molar-refractivity contribution in [2.45, 2.75) is 6.04 Å². The second-order valence-corrected chi connectivity index (χ2v) is 3.65. The van der Waals surface area contributed by atoms with Crippen LogP contribution in [0.4, 0.5) is 0 Å². The molecule has 0 bridgehead atoms. The van der Waals surface area contributed by atoms with Crippen molar-refractivity contribution < 1.29 is 19.8 Å². The predicted molar refractivity (Wildman–Crippen MR) is 66.8 cm³/mol. The lowest BCUT2D eigenvalue weighted by Gasteiger charge is -2.09. The first-order valence-electron chi connectivity index (χ1n) is 5.39. The topological polar surface area (TPSA) is 110 Å². The summed E-state index contributed by atoms with van der Waals surface area (Å²) in [6, 6.07) is 7.16. The third kappa shape index (κ3) is 4.61. The van der Waals surface area contributed by atoms with E-state index in [4.69, 9.17) is 15.5 Å². The summed E-state index contributed by atoms with van der Waals surface area (Å²) in [4.78, 5) is 22.0. The molecule has 6 nitrogen and oxygen atoms in total. The lowest BCUT2D eigenvalue weighted by atomic mass is 10.1. The van der Waals surface area contributed by atoms with Crippen molar-refractivity contribution in [3.05, 3.63) is 41.5 Å². The van der Waals surface area contributed by atoms with E-state index in [2.05, 4.69) is 5.32 Å². The summed E-state index contributed by atoms with van der Waals surface area (Å²) in [5.41, 5.74) is 1.21. The second-order valence-electron chi connectivity index (χ2n) is 3.65. The van der Waals surface area contributed by atoms with Crippen LogP contribution in [0.1, 0.15) is 11.1 Å². The number of aliphatic carboxylic acids is 1. The Balaban J connectivity index is 2.63. The zero-order chi connectivity index (χ0) is 14.3. The number of nitrogens with one attached hydrogen (secondary N) is 1. The molecular weight excluding hydrogens is 248 g/mol. The standard InChI is InChI=1S/C13H12N2O4/c14-7-10-3-1-9(2-4-10)5-6-12(17)15-11(8-16)13(18)19/h1-6,11,16H,8H2,(H,15,17)(H,18,19)/b6-5+. The van der Waals surface area contributed by atoms with Gasteiger partial charge in [-0.05, 0) is 23.8 Å². The van der Waals surface area contributed by atoms with Crippen molar-refractivity contribution in [3.63, 3.8) is 0 Å². The first kappa shape index (κ1) is 14.4. The van der Waals surface area contributed by atoms with Gasteiger partial charge in [0.2, 0.25) is 5.91 Å². The van der Waals surface area contributed by atoms with Gasteiger partial charge in [0, 0.05) is 6.08 Å². The minimum Gasteiger partial charge on any atom is -0.480 e. The molecule has 19 heavy (non-hydrogen) atoms. The molecule has 0 fully saturated rings. The number of hydrogen-bond donors (Lipinski definition) is 3. The minimum atomic E-state index is -1.32. The predicted octanol–water partition coefficient (Wildman–Crippen LogP) is 0.133. The monoisotopic (exact) mass is 260 g/mol. The molecule has 0 heterocycles. The van der Waals surface area contributed by atoms with Crippen LogP contribution in [0, 0.1) is 11.3 Å². The fourth-order valence-corrected chi connectivity index (χ4v) is 1.25. The molecule has 1 amide bonds. The van der Waals surface area contributed by atoms with Crippen LogP contribution in [0.5, 0.6) is 0 Å². The Bertz CT molecular complexity index is 529. The van der Waals surface area contributed by atoms with E-state index < -0.39 is 24.5 Å². The number of nitrogens with zero attached hydrogens (tertiary/aromatic N) is 1. The number of amides is 1. The van der Waals surface area contributed by atoms with Crippen LogP contribution in [0.25, 0.3) is 6.08 Å². The number of carbonyl (C=O) groups is 2. The maximum Gasteiger partial charge on any atom is 0.328 e. The van der Waals surface area contributed by atoms with Crippen LogP contribution in [0.2, 0.25) is 0 Å². The molecule has 0 aliphatic carbocycles. The van der Waals surface area contributed by atoms with E-state index >= 15 is 0 Å². The van der Waals surface area contributed by atoms with Gasteiger partial charge in [0.1, 0.15) is 0 Å². The number of hydrogen-bond acceptors (Lipinski definition) is 4. The fourth-order valence-electron chi connectivity index (χ4n) is 1.25. The van der Waals surface area contributed by atoms with Gasteiger partial charge in [-0.2, -0.15) is 5.26 Å². The van der Waals surface area contributed by atoms with Gasteiger partial charge >= 0.3 is 5.97 Å². The van der Waals surface area contributed by atoms with Crippen molar-refractivity contribution in [2.24, 2.45) is 0 Å². The Kier molecular flexibility index (Phi) is 5.26. The average Bonchev–Trinajstić information content (AvgIpc) is 2.42. The largest absolute Gasteiger partial charge is 0.480 e. The highest BCUT2D eigenvalue weighted by molar-refractivity contribution is 5.94. The minimum absolute atomic E-state index is 0.507. The Morgan fingerprint density at radius 2 is 2.00 bits per heavy atom. The molecule has 0 radical (unpaired) electrons. The zero-order valence-electron chi connectivity index (χ0n) is 9.91. The number of rotatable bonds is 5. The fraction of sp³-hybridized carbons (Fsp3) is 0.154. The zero-order valence-corrected chi connectivity index (χ0v) is 9.91. The SMILES string of the molecule is N#Cc1ccc(/C=C/C(=O)NC(CO)C(=O)O)cc1. The third-order valence-electron chi connectivity index (χ3n) is 2.26. The molecule has 0 aliphatic rings. The van der Waals surface area contributed by atoms with Crippen LogP contribution < -0.4 is 5.32 Å². The summed E-state index contributed by atoms with van der Waals surface area (Å²) in [5.74, 6) is -1.92. The third-order valence-corrected chi connectivity index (χ3v) is 2.26. The van der Waals surface area contributed by atoms with Crippen LogP contribution >= 0.6 is 0 Å². The highest BCUT2D eigenvalue weighted by atomic mass is 16.4.